The van der Waals surface area contributed by atoms with E-state index < -0.39 is 6.04 Å². The molecule has 72 valence electrons. The normalized spacial score (nSPS) is 12.5. The molecule has 0 aliphatic heterocycles. The Bertz CT molecular complexity index is 292. The number of H-pyrrole nitrogens is 1. The Hall–Kier alpha value is -1.36. The van der Waals surface area contributed by atoms with Crippen molar-refractivity contribution in [3.8, 4) is 0 Å². The van der Waals surface area contributed by atoms with Crippen molar-refractivity contribution in [2.24, 2.45) is 5.73 Å². The average molecular weight is 182 g/mol. The fraction of sp³-hybridized carbons (Fsp3) is 0.500. The van der Waals surface area contributed by atoms with E-state index in [1.54, 1.807) is 6.92 Å². The van der Waals surface area contributed by atoms with Crippen molar-refractivity contribution in [3.05, 3.63) is 17.5 Å². The Morgan fingerprint density at radius 3 is 3.00 bits per heavy atom. The summed E-state index contributed by atoms with van der Waals surface area (Å²) in [6, 6.07) is 1.40. The molecule has 0 saturated heterocycles. The molecular weight excluding hydrogens is 168 g/mol. The summed E-state index contributed by atoms with van der Waals surface area (Å²) in [6.07, 6.45) is 0. The summed E-state index contributed by atoms with van der Waals surface area (Å²) in [4.78, 5) is 11.0. The van der Waals surface area contributed by atoms with Gasteiger partial charge in [-0.25, -0.2) is 0 Å². The molecule has 1 heterocycles. The van der Waals surface area contributed by atoms with E-state index in [9.17, 15) is 4.79 Å². The molecule has 0 spiro atoms. The lowest BCUT2D eigenvalue weighted by molar-refractivity contribution is -0.122. The van der Waals surface area contributed by atoms with Crippen LogP contribution in [0.4, 0.5) is 0 Å². The molecule has 1 amide bonds. The highest BCUT2D eigenvalue weighted by Crippen LogP contribution is 1.96. The molecule has 0 radical (unpaired) electrons. The molecule has 0 saturated carbocycles. The van der Waals surface area contributed by atoms with Crippen molar-refractivity contribution in [2.45, 2.75) is 26.4 Å². The van der Waals surface area contributed by atoms with Crippen LogP contribution in [0, 0.1) is 6.92 Å². The predicted octanol–water partition coefficient (Wildman–Crippen LogP) is -0.318. The molecule has 4 N–H and O–H groups in total. The number of nitrogens with two attached hydrogens (primary N) is 1. The van der Waals surface area contributed by atoms with Gasteiger partial charge in [-0.15, -0.1) is 0 Å². The number of hydrogen-bond donors (Lipinski definition) is 3. The molecule has 0 aliphatic rings. The molecule has 0 aromatic carbocycles. The first kappa shape index (κ1) is 9.73. The maximum absolute atomic E-state index is 11.0. The zero-order valence-electron chi connectivity index (χ0n) is 7.79. The lowest BCUT2D eigenvalue weighted by atomic mass is 10.3. The van der Waals surface area contributed by atoms with Gasteiger partial charge < -0.3 is 11.1 Å². The minimum atomic E-state index is -0.472. The molecule has 1 rings (SSSR count). The number of carbonyl (C=O) groups is 1. The molecule has 1 aromatic heterocycles. The van der Waals surface area contributed by atoms with Crippen LogP contribution in [0.3, 0.4) is 0 Å². The molecule has 13 heavy (non-hydrogen) atoms. The van der Waals surface area contributed by atoms with E-state index in [2.05, 4.69) is 15.5 Å². The Labute approximate surface area is 76.7 Å². The number of rotatable bonds is 3. The molecule has 0 aliphatic carbocycles. The average Bonchev–Trinajstić information content (AvgIpc) is 2.47. The first-order valence-corrected chi connectivity index (χ1v) is 4.14. The molecule has 1 unspecified atom stereocenters. The Kier molecular flexibility index (Phi) is 3.02. The van der Waals surface area contributed by atoms with Gasteiger partial charge in [0.15, 0.2) is 0 Å². The number of aromatic nitrogens is 2. The lowest BCUT2D eigenvalue weighted by Crippen LogP contribution is -2.37. The van der Waals surface area contributed by atoms with Crippen LogP contribution >= 0.6 is 0 Å². The van der Waals surface area contributed by atoms with Crippen molar-refractivity contribution in [1.29, 1.82) is 0 Å². The van der Waals surface area contributed by atoms with E-state index in [-0.39, 0.29) is 5.91 Å². The largest absolute Gasteiger partial charge is 0.349 e. The second-order valence-corrected chi connectivity index (χ2v) is 3.05. The van der Waals surface area contributed by atoms with Gasteiger partial charge >= 0.3 is 0 Å². The first-order chi connectivity index (χ1) is 6.09. The molecule has 5 heteroatoms. The maximum Gasteiger partial charge on any atom is 0.236 e. The zero-order valence-corrected chi connectivity index (χ0v) is 7.79. The van der Waals surface area contributed by atoms with Crippen LogP contribution in [0.25, 0.3) is 0 Å². The number of nitrogens with one attached hydrogen (secondary N) is 2. The van der Waals surface area contributed by atoms with Crippen LogP contribution in [-0.2, 0) is 11.3 Å². The number of nitrogens with zero attached hydrogens (tertiary/aromatic N) is 1. The summed E-state index contributed by atoms with van der Waals surface area (Å²) >= 11 is 0. The topological polar surface area (TPSA) is 83.8 Å². The SMILES string of the molecule is Cc1cc(CNC(=O)C(C)N)n[nH]1. The van der Waals surface area contributed by atoms with Gasteiger partial charge in [-0.2, -0.15) is 5.10 Å². The predicted molar refractivity (Wildman–Crippen MR) is 48.8 cm³/mol. The standard InChI is InChI=1S/C8H14N4O/c1-5-3-7(12-11-5)4-10-8(13)6(2)9/h3,6H,4,9H2,1-2H3,(H,10,13)(H,11,12). The van der Waals surface area contributed by atoms with Crippen molar-refractivity contribution >= 4 is 5.91 Å². The number of carbonyl (C=O) groups excluding carboxylic acids is 1. The van der Waals surface area contributed by atoms with E-state index in [1.165, 1.54) is 0 Å². The summed E-state index contributed by atoms with van der Waals surface area (Å²) in [5.41, 5.74) is 7.15. The minimum absolute atomic E-state index is 0.166. The van der Waals surface area contributed by atoms with Crippen LogP contribution in [-0.4, -0.2) is 22.1 Å². The number of aryl methyl sites for hydroxylation is 1. The van der Waals surface area contributed by atoms with Crippen molar-refractivity contribution in [2.75, 3.05) is 0 Å². The fourth-order valence-corrected chi connectivity index (χ4v) is 0.904. The van der Waals surface area contributed by atoms with E-state index in [1.807, 2.05) is 13.0 Å². The van der Waals surface area contributed by atoms with E-state index in [4.69, 9.17) is 5.73 Å². The van der Waals surface area contributed by atoms with Gasteiger partial charge in [0.05, 0.1) is 18.3 Å². The quantitative estimate of drug-likeness (QED) is 0.599. The van der Waals surface area contributed by atoms with Gasteiger partial charge in [-0.3, -0.25) is 9.89 Å². The highest BCUT2D eigenvalue weighted by Gasteiger charge is 2.06. The Morgan fingerprint density at radius 2 is 2.54 bits per heavy atom. The molecule has 5 nitrogen and oxygen atoms in total. The third-order valence-corrected chi connectivity index (χ3v) is 1.62. The monoisotopic (exact) mass is 182 g/mol. The summed E-state index contributed by atoms with van der Waals surface area (Å²) in [7, 11) is 0. The van der Waals surface area contributed by atoms with Gasteiger partial charge in [0.2, 0.25) is 5.91 Å². The second kappa shape index (κ2) is 4.04. The fourth-order valence-electron chi connectivity index (χ4n) is 0.904. The van der Waals surface area contributed by atoms with Crippen LogP contribution in [0.15, 0.2) is 6.07 Å². The highest BCUT2D eigenvalue weighted by molar-refractivity contribution is 5.80. The van der Waals surface area contributed by atoms with Crippen LogP contribution in [0.2, 0.25) is 0 Å². The van der Waals surface area contributed by atoms with Gasteiger partial charge in [-0.05, 0) is 19.9 Å². The highest BCUT2D eigenvalue weighted by atomic mass is 16.2. The van der Waals surface area contributed by atoms with Crippen LogP contribution < -0.4 is 11.1 Å². The second-order valence-electron chi connectivity index (χ2n) is 3.05. The molecule has 0 fully saturated rings. The molecule has 1 aromatic rings. The Balaban J connectivity index is 2.39. The maximum atomic E-state index is 11.0. The molecule has 1 atom stereocenters. The summed E-state index contributed by atoms with van der Waals surface area (Å²) in [6.45, 7) is 3.97. The molecular formula is C8H14N4O. The third kappa shape index (κ3) is 2.87. The minimum Gasteiger partial charge on any atom is -0.349 e. The molecule has 0 bridgehead atoms. The van der Waals surface area contributed by atoms with E-state index in [0.717, 1.165) is 11.4 Å². The van der Waals surface area contributed by atoms with Gasteiger partial charge in [-0.1, -0.05) is 0 Å². The van der Waals surface area contributed by atoms with E-state index in [0.29, 0.717) is 6.54 Å². The Morgan fingerprint density at radius 1 is 1.85 bits per heavy atom. The summed E-state index contributed by atoms with van der Waals surface area (Å²) < 4.78 is 0. The zero-order chi connectivity index (χ0) is 9.84. The van der Waals surface area contributed by atoms with Crippen molar-refractivity contribution < 1.29 is 4.79 Å². The number of hydrogen-bond acceptors (Lipinski definition) is 3. The third-order valence-electron chi connectivity index (χ3n) is 1.62. The van der Waals surface area contributed by atoms with Gasteiger partial charge in [0.1, 0.15) is 0 Å². The van der Waals surface area contributed by atoms with Gasteiger partial charge in [0.25, 0.3) is 0 Å². The first-order valence-electron chi connectivity index (χ1n) is 4.14. The smallest absolute Gasteiger partial charge is 0.236 e. The van der Waals surface area contributed by atoms with Crippen molar-refractivity contribution in [1.82, 2.24) is 15.5 Å². The number of amides is 1. The van der Waals surface area contributed by atoms with Gasteiger partial charge in [0, 0.05) is 5.69 Å². The lowest BCUT2D eigenvalue weighted by Gasteiger charge is -2.04. The van der Waals surface area contributed by atoms with E-state index >= 15 is 0 Å². The van der Waals surface area contributed by atoms with Crippen LogP contribution in [0.5, 0.6) is 0 Å². The summed E-state index contributed by atoms with van der Waals surface area (Å²) in [5, 5.41) is 9.42. The number of aromatic amines is 1. The van der Waals surface area contributed by atoms with Crippen LogP contribution in [0.1, 0.15) is 18.3 Å². The van der Waals surface area contributed by atoms with Crippen molar-refractivity contribution in [3.63, 3.8) is 0 Å². The summed E-state index contributed by atoms with van der Waals surface area (Å²) in [5.74, 6) is -0.166.